The minimum Gasteiger partial charge on any atom is -0.497 e. The fourth-order valence-corrected chi connectivity index (χ4v) is 3.34. The fourth-order valence-electron chi connectivity index (χ4n) is 2.57. The number of nitrogens with zero attached hydrogens (tertiary/aromatic N) is 3. The van der Waals surface area contributed by atoms with Crippen molar-refractivity contribution in [2.24, 2.45) is 0 Å². The lowest BCUT2D eigenvalue weighted by Gasteiger charge is -2.12. The second kappa shape index (κ2) is 8.78. The number of aromatic nitrogens is 3. The summed E-state index contributed by atoms with van der Waals surface area (Å²) in [7, 11) is 1.60. The number of thioether (sulfide) groups is 1. The number of nitrogen functional groups attached to an aromatic ring is 1. The Hall–Kier alpha value is -3.33. The Morgan fingerprint density at radius 3 is 2.55 bits per heavy atom. The molecule has 0 aliphatic carbocycles. The molecule has 0 radical (unpaired) electrons. The highest BCUT2D eigenvalue weighted by Gasteiger charge is 2.20. The fraction of sp³-hybridized carbons (Fsp3) is 0.200. The van der Waals surface area contributed by atoms with Crippen molar-refractivity contribution in [1.82, 2.24) is 14.9 Å². The first-order chi connectivity index (χ1) is 13.9. The van der Waals surface area contributed by atoms with Crippen LogP contribution in [0.3, 0.4) is 0 Å². The van der Waals surface area contributed by atoms with Crippen LogP contribution < -0.4 is 15.9 Å². The molecule has 9 heteroatoms. The van der Waals surface area contributed by atoms with Gasteiger partial charge in [-0.25, -0.2) is 4.68 Å². The third kappa shape index (κ3) is 4.75. The summed E-state index contributed by atoms with van der Waals surface area (Å²) in [6, 6.07) is 14.1. The Labute approximate surface area is 172 Å². The maximum absolute atomic E-state index is 12.5. The molecule has 0 fully saturated rings. The van der Waals surface area contributed by atoms with Crippen LogP contribution in [0.1, 0.15) is 24.2 Å². The molecular formula is C20H21N5O3S. The van der Waals surface area contributed by atoms with Gasteiger partial charge in [0, 0.05) is 16.8 Å². The molecule has 0 spiro atoms. The monoisotopic (exact) mass is 411 g/mol. The maximum Gasteiger partial charge on any atom is 0.237 e. The Kier molecular flexibility index (Phi) is 6.18. The lowest BCUT2D eigenvalue weighted by atomic mass is 10.1. The average molecular weight is 411 g/mol. The number of rotatable bonds is 7. The number of hydrogen-bond acceptors (Lipinski definition) is 7. The molecule has 0 saturated heterocycles. The number of ether oxygens (including phenoxy) is 1. The minimum absolute atomic E-state index is 0.0641. The molecule has 0 bridgehead atoms. The second-order valence-electron chi connectivity index (χ2n) is 6.29. The number of hydrogen-bond donors (Lipinski definition) is 2. The van der Waals surface area contributed by atoms with Gasteiger partial charge in [-0.3, -0.25) is 9.59 Å². The van der Waals surface area contributed by atoms with Crippen molar-refractivity contribution in [2.75, 3.05) is 18.3 Å². The van der Waals surface area contributed by atoms with Crippen LogP contribution in [-0.2, 0) is 4.79 Å². The number of carbonyl (C=O) groups is 2. The summed E-state index contributed by atoms with van der Waals surface area (Å²) < 4.78 is 6.50. The first-order valence-corrected chi connectivity index (χ1v) is 9.70. The number of amides is 1. The Bertz CT molecular complexity index is 1030. The van der Waals surface area contributed by atoms with Crippen LogP contribution in [0, 0.1) is 0 Å². The molecule has 1 aromatic heterocycles. The minimum atomic E-state index is -0.480. The van der Waals surface area contributed by atoms with Gasteiger partial charge >= 0.3 is 0 Å². The number of ketones is 1. The highest BCUT2D eigenvalue weighted by atomic mass is 32.2. The van der Waals surface area contributed by atoms with Gasteiger partial charge in [0.05, 0.1) is 12.4 Å². The third-order valence-corrected chi connectivity index (χ3v) is 5.26. The van der Waals surface area contributed by atoms with Crippen molar-refractivity contribution in [3.63, 3.8) is 0 Å². The third-order valence-electron chi connectivity index (χ3n) is 4.20. The summed E-state index contributed by atoms with van der Waals surface area (Å²) in [5.41, 5.74) is 1.88. The molecule has 0 saturated carbocycles. The highest BCUT2D eigenvalue weighted by molar-refractivity contribution is 8.00. The normalized spacial score (nSPS) is 11.7. The molecule has 1 heterocycles. The molecule has 0 aliphatic heterocycles. The van der Waals surface area contributed by atoms with Crippen LogP contribution in [0.2, 0.25) is 0 Å². The number of methoxy groups -OCH3 is 1. The molecule has 2 aromatic carbocycles. The summed E-state index contributed by atoms with van der Waals surface area (Å²) >= 11 is 1.19. The van der Waals surface area contributed by atoms with Crippen LogP contribution in [0.15, 0.2) is 53.7 Å². The van der Waals surface area contributed by atoms with E-state index in [0.717, 1.165) is 11.3 Å². The van der Waals surface area contributed by atoms with E-state index in [4.69, 9.17) is 10.6 Å². The van der Waals surface area contributed by atoms with E-state index in [0.29, 0.717) is 22.2 Å². The Morgan fingerprint density at radius 2 is 1.90 bits per heavy atom. The largest absolute Gasteiger partial charge is 0.497 e. The van der Waals surface area contributed by atoms with E-state index in [1.54, 1.807) is 38.3 Å². The van der Waals surface area contributed by atoms with E-state index >= 15 is 0 Å². The molecule has 1 amide bonds. The summed E-state index contributed by atoms with van der Waals surface area (Å²) in [5, 5.41) is 11.0. The van der Waals surface area contributed by atoms with Crippen LogP contribution in [0.25, 0.3) is 11.4 Å². The molecular weight excluding hydrogens is 390 g/mol. The smallest absolute Gasteiger partial charge is 0.237 e. The topological polar surface area (TPSA) is 112 Å². The predicted octanol–water partition coefficient (Wildman–Crippen LogP) is 2.99. The zero-order chi connectivity index (χ0) is 21.0. The molecule has 3 rings (SSSR count). The van der Waals surface area contributed by atoms with E-state index in [2.05, 4.69) is 15.5 Å². The number of nitrogens with two attached hydrogens (primary N) is 1. The van der Waals surface area contributed by atoms with Crippen LogP contribution in [-0.4, -0.2) is 38.9 Å². The molecule has 150 valence electrons. The van der Waals surface area contributed by atoms with Crippen molar-refractivity contribution in [3.05, 3.63) is 54.1 Å². The van der Waals surface area contributed by atoms with E-state index < -0.39 is 5.25 Å². The van der Waals surface area contributed by atoms with Gasteiger partial charge in [-0.05, 0) is 50.2 Å². The quantitative estimate of drug-likeness (QED) is 0.349. The van der Waals surface area contributed by atoms with Gasteiger partial charge in [0.15, 0.2) is 11.6 Å². The molecule has 1 unspecified atom stereocenters. The summed E-state index contributed by atoms with van der Waals surface area (Å²) in [5.74, 6) is 7.05. The average Bonchev–Trinajstić information content (AvgIpc) is 3.08. The van der Waals surface area contributed by atoms with Crippen molar-refractivity contribution in [2.45, 2.75) is 24.3 Å². The van der Waals surface area contributed by atoms with Crippen LogP contribution in [0.4, 0.5) is 5.69 Å². The molecule has 0 aliphatic rings. The molecule has 8 nitrogen and oxygen atoms in total. The van der Waals surface area contributed by atoms with Crippen molar-refractivity contribution >= 4 is 29.1 Å². The van der Waals surface area contributed by atoms with Gasteiger partial charge in [-0.2, -0.15) is 0 Å². The summed E-state index contributed by atoms with van der Waals surface area (Å²) in [6.07, 6.45) is 0. The first kappa shape index (κ1) is 20.4. The number of Topliss-reactive ketones (excluding diaryl/α,β-unsaturated/α-hetero) is 1. The molecule has 3 aromatic rings. The van der Waals surface area contributed by atoms with Crippen LogP contribution in [0.5, 0.6) is 5.75 Å². The summed E-state index contributed by atoms with van der Waals surface area (Å²) in [6.45, 7) is 3.23. The van der Waals surface area contributed by atoms with E-state index in [9.17, 15) is 9.59 Å². The number of anilines is 1. The lowest BCUT2D eigenvalue weighted by Crippen LogP contribution is -2.23. The van der Waals surface area contributed by atoms with Crippen molar-refractivity contribution < 1.29 is 14.3 Å². The van der Waals surface area contributed by atoms with Crippen LogP contribution >= 0.6 is 11.8 Å². The SMILES string of the molecule is COc1ccc(-c2nnc(SC(C)C(=O)Nc3cccc(C(C)=O)c3)n2N)cc1. The van der Waals surface area contributed by atoms with E-state index in [-0.39, 0.29) is 11.7 Å². The predicted molar refractivity (Wildman–Crippen MR) is 113 cm³/mol. The summed E-state index contributed by atoms with van der Waals surface area (Å²) in [4.78, 5) is 24.0. The molecule has 3 N–H and O–H groups in total. The standard InChI is InChI=1S/C20H21N5O3S/c1-12(26)15-5-4-6-16(11-15)22-19(27)13(2)29-20-24-23-18(25(20)21)14-7-9-17(28-3)10-8-14/h4-11,13H,21H2,1-3H3,(H,22,27). The lowest BCUT2D eigenvalue weighted by molar-refractivity contribution is -0.115. The van der Waals surface area contributed by atoms with Gasteiger partial charge in [0.25, 0.3) is 0 Å². The number of nitrogens with one attached hydrogen (secondary N) is 1. The zero-order valence-corrected chi connectivity index (χ0v) is 17.1. The van der Waals surface area contributed by atoms with Crippen molar-refractivity contribution in [1.29, 1.82) is 0 Å². The Balaban J connectivity index is 1.69. The van der Waals surface area contributed by atoms with E-state index in [1.807, 2.05) is 24.3 Å². The zero-order valence-electron chi connectivity index (χ0n) is 16.2. The molecule has 29 heavy (non-hydrogen) atoms. The van der Waals surface area contributed by atoms with E-state index in [1.165, 1.54) is 23.4 Å². The van der Waals surface area contributed by atoms with Gasteiger partial charge < -0.3 is 15.9 Å². The van der Waals surface area contributed by atoms with Gasteiger partial charge in [0.2, 0.25) is 11.1 Å². The highest BCUT2D eigenvalue weighted by Crippen LogP contribution is 2.26. The number of carbonyl (C=O) groups excluding carboxylic acids is 2. The first-order valence-electron chi connectivity index (χ1n) is 8.82. The van der Waals surface area contributed by atoms with Gasteiger partial charge in [-0.1, -0.05) is 23.9 Å². The Morgan fingerprint density at radius 1 is 1.17 bits per heavy atom. The van der Waals surface area contributed by atoms with Gasteiger partial charge in [0.1, 0.15) is 5.75 Å². The number of benzene rings is 2. The maximum atomic E-state index is 12.5. The van der Waals surface area contributed by atoms with Crippen molar-refractivity contribution in [3.8, 4) is 17.1 Å². The second-order valence-corrected chi connectivity index (χ2v) is 7.60. The molecule has 1 atom stereocenters. The van der Waals surface area contributed by atoms with Gasteiger partial charge in [-0.15, -0.1) is 10.2 Å².